The molecule has 0 bridgehead atoms. The fourth-order valence-corrected chi connectivity index (χ4v) is 3.08. The molecule has 1 atom stereocenters. The summed E-state index contributed by atoms with van der Waals surface area (Å²) in [5.74, 6) is -0.558. The van der Waals surface area contributed by atoms with Crippen LogP contribution in [0.25, 0.3) is 11.6 Å². The third-order valence-electron chi connectivity index (χ3n) is 4.83. The van der Waals surface area contributed by atoms with Crippen LogP contribution < -0.4 is 4.74 Å². The maximum absolute atomic E-state index is 12.9. The van der Waals surface area contributed by atoms with Gasteiger partial charge >= 0.3 is 5.97 Å². The second-order valence-electron chi connectivity index (χ2n) is 7.31. The Morgan fingerprint density at radius 3 is 2.48 bits per heavy atom. The predicted molar refractivity (Wildman–Crippen MR) is 122 cm³/mol. The van der Waals surface area contributed by atoms with Crippen molar-refractivity contribution in [1.29, 1.82) is 0 Å². The van der Waals surface area contributed by atoms with Gasteiger partial charge in [0.25, 0.3) is 0 Å². The molecule has 0 aliphatic heterocycles. The van der Waals surface area contributed by atoms with Crippen LogP contribution in [-0.2, 0) is 11.3 Å². The fraction of sp³-hybridized carbons (Fsp3) is 0.154. The average molecular weight is 415 g/mol. The summed E-state index contributed by atoms with van der Waals surface area (Å²) < 4.78 is 7.29. The Morgan fingerprint density at radius 1 is 1.10 bits per heavy atom. The minimum absolute atomic E-state index is 0.0373. The molecule has 158 valence electrons. The van der Waals surface area contributed by atoms with Crippen LogP contribution in [0.3, 0.4) is 0 Å². The van der Waals surface area contributed by atoms with Gasteiger partial charge in [-0.3, -0.25) is 4.79 Å². The molecule has 0 unspecified atom stereocenters. The number of ketones is 1. The quantitative estimate of drug-likeness (QED) is 0.481. The van der Waals surface area contributed by atoms with Crippen molar-refractivity contribution in [3.63, 3.8) is 0 Å². The summed E-state index contributed by atoms with van der Waals surface area (Å²) in [6.45, 7) is 7.86. The van der Waals surface area contributed by atoms with Crippen LogP contribution in [0, 0.1) is 0 Å². The highest BCUT2D eigenvalue weighted by Crippen LogP contribution is 2.18. The molecule has 2 aromatic carbocycles. The molecule has 0 saturated heterocycles. The zero-order chi connectivity index (χ0) is 22.4. The monoisotopic (exact) mass is 415 g/mol. The number of carbonyl (C=O) groups excluding carboxylic acids is 1. The summed E-state index contributed by atoms with van der Waals surface area (Å²) in [5, 5.41) is 8.98. The van der Waals surface area contributed by atoms with Gasteiger partial charge in [0, 0.05) is 18.3 Å². The second-order valence-corrected chi connectivity index (χ2v) is 7.31. The predicted octanol–water partition coefficient (Wildman–Crippen LogP) is 5.32. The topological polar surface area (TPSA) is 68.5 Å². The summed E-state index contributed by atoms with van der Waals surface area (Å²) in [7, 11) is 0. The molecule has 0 fully saturated rings. The van der Waals surface area contributed by atoms with E-state index in [-0.39, 0.29) is 5.78 Å². The Labute approximate surface area is 181 Å². The maximum Gasteiger partial charge on any atom is 0.344 e. The van der Waals surface area contributed by atoms with Crippen LogP contribution in [0.4, 0.5) is 0 Å². The fourth-order valence-electron chi connectivity index (χ4n) is 3.08. The lowest BCUT2D eigenvalue weighted by atomic mass is 10.0. The molecular weight excluding hydrogens is 390 g/mol. The molecule has 5 nitrogen and oxygen atoms in total. The van der Waals surface area contributed by atoms with Gasteiger partial charge in [0.05, 0.1) is 5.69 Å². The molecule has 0 radical (unpaired) electrons. The number of carboxylic acid groups (broad SMARTS) is 1. The number of benzene rings is 2. The Balaban J connectivity index is 1.69. The second kappa shape index (κ2) is 9.76. The molecular formula is C26H25NO4. The highest BCUT2D eigenvalue weighted by molar-refractivity contribution is 6.08. The highest BCUT2D eigenvalue weighted by atomic mass is 16.5. The molecule has 1 N–H and O–H groups in total. The van der Waals surface area contributed by atoms with E-state index in [1.165, 1.54) is 6.92 Å². The van der Waals surface area contributed by atoms with E-state index >= 15 is 0 Å². The summed E-state index contributed by atoms with van der Waals surface area (Å²) in [4.78, 5) is 23.9. The van der Waals surface area contributed by atoms with Crippen molar-refractivity contribution in [2.24, 2.45) is 0 Å². The van der Waals surface area contributed by atoms with E-state index in [2.05, 4.69) is 6.58 Å². The van der Waals surface area contributed by atoms with Gasteiger partial charge in [0.1, 0.15) is 5.75 Å². The summed E-state index contributed by atoms with van der Waals surface area (Å²) >= 11 is 0. The molecule has 1 heterocycles. The van der Waals surface area contributed by atoms with Gasteiger partial charge in [0.2, 0.25) is 5.78 Å². The van der Waals surface area contributed by atoms with Crippen molar-refractivity contribution in [3.8, 4) is 5.75 Å². The Morgan fingerprint density at radius 2 is 1.81 bits per heavy atom. The largest absolute Gasteiger partial charge is 0.479 e. The summed E-state index contributed by atoms with van der Waals surface area (Å²) in [6.07, 6.45) is 4.81. The molecule has 3 aromatic rings. The molecule has 0 spiro atoms. The maximum atomic E-state index is 12.9. The van der Waals surface area contributed by atoms with Crippen LogP contribution in [0.5, 0.6) is 5.75 Å². The highest BCUT2D eigenvalue weighted by Gasteiger charge is 2.13. The molecule has 3 rings (SSSR count). The standard InChI is InChI=1S/C26H25NO4/c1-18(2)21-11-13-22(14-12-21)25(28)24-10-6-16-27(24)15-5-8-20-7-4-9-23(17-20)31-19(3)26(29)30/h4-14,16-17,19H,1,15H2,2-3H3,(H,29,30)/b8-5+/t19-/m0/s1. The number of carboxylic acids is 1. The molecule has 0 amide bonds. The lowest BCUT2D eigenvalue weighted by Gasteiger charge is -2.10. The molecule has 0 saturated carbocycles. The molecule has 0 aliphatic carbocycles. The first-order valence-corrected chi connectivity index (χ1v) is 9.97. The molecule has 1 aromatic heterocycles. The van der Waals surface area contributed by atoms with E-state index in [0.717, 1.165) is 16.7 Å². The minimum Gasteiger partial charge on any atom is -0.479 e. The number of aliphatic carboxylic acids is 1. The number of hydrogen-bond acceptors (Lipinski definition) is 3. The van der Waals surface area contributed by atoms with Gasteiger partial charge < -0.3 is 14.4 Å². The van der Waals surface area contributed by atoms with E-state index in [1.54, 1.807) is 12.1 Å². The number of allylic oxidation sites excluding steroid dienone is 2. The third-order valence-corrected chi connectivity index (χ3v) is 4.83. The number of ether oxygens (including phenoxy) is 1. The Bertz CT molecular complexity index is 1120. The van der Waals surface area contributed by atoms with Gasteiger partial charge in [-0.25, -0.2) is 4.79 Å². The van der Waals surface area contributed by atoms with Crippen molar-refractivity contribution < 1.29 is 19.4 Å². The van der Waals surface area contributed by atoms with Gasteiger partial charge in [-0.05, 0) is 49.2 Å². The van der Waals surface area contributed by atoms with Gasteiger partial charge in [-0.2, -0.15) is 0 Å². The third kappa shape index (κ3) is 5.60. The first-order chi connectivity index (χ1) is 14.8. The number of aromatic nitrogens is 1. The Kier molecular flexibility index (Phi) is 6.88. The Hall–Kier alpha value is -3.86. The van der Waals surface area contributed by atoms with Crippen molar-refractivity contribution >= 4 is 23.4 Å². The number of carbonyl (C=O) groups is 2. The van der Waals surface area contributed by atoms with Crippen LogP contribution in [0.1, 0.15) is 41.0 Å². The first kappa shape index (κ1) is 21.8. The van der Waals surface area contributed by atoms with Crippen LogP contribution in [-0.4, -0.2) is 27.5 Å². The van der Waals surface area contributed by atoms with E-state index in [0.29, 0.717) is 23.6 Å². The van der Waals surface area contributed by atoms with Gasteiger partial charge in [-0.15, -0.1) is 0 Å². The molecule has 0 aliphatic rings. The molecule has 31 heavy (non-hydrogen) atoms. The van der Waals surface area contributed by atoms with E-state index in [4.69, 9.17) is 9.84 Å². The molecule has 5 heteroatoms. The van der Waals surface area contributed by atoms with Gasteiger partial charge in [0.15, 0.2) is 6.10 Å². The lowest BCUT2D eigenvalue weighted by molar-refractivity contribution is -0.144. The number of rotatable bonds is 9. The average Bonchev–Trinajstić information content (AvgIpc) is 3.22. The van der Waals surface area contributed by atoms with E-state index in [1.807, 2.05) is 78.4 Å². The number of hydrogen-bond donors (Lipinski definition) is 1. The van der Waals surface area contributed by atoms with Crippen LogP contribution >= 0.6 is 0 Å². The number of nitrogens with zero attached hydrogens (tertiary/aromatic N) is 1. The van der Waals surface area contributed by atoms with Crippen LogP contribution in [0.15, 0.2) is 79.5 Å². The lowest BCUT2D eigenvalue weighted by Crippen LogP contribution is -2.22. The van der Waals surface area contributed by atoms with Gasteiger partial charge in [-0.1, -0.05) is 60.7 Å². The first-order valence-electron chi connectivity index (χ1n) is 9.97. The van der Waals surface area contributed by atoms with Crippen LogP contribution in [0.2, 0.25) is 0 Å². The SMILES string of the molecule is C=C(C)c1ccc(C(=O)c2cccn2C/C=C/c2cccc(O[C@@H](C)C(=O)O)c2)cc1. The summed E-state index contributed by atoms with van der Waals surface area (Å²) in [5.41, 5.74) is 4.09. The minimum atomic E-state index is -1.01. The van der Waals surface area contributed by atoms with E-state index < -0.39 is 12.1 Å². The van der Waals surface area contributed by atoms with Crippen molar-refractivity contribution in [2.75, 3.05) is 0 Å². The summed E-state index contributed by atoms with van der Waals surface area (Å²) in [6, 6.07) is 18.3. The van der Waals surface area contributed by atoms with Crippen molar-refractivity contribution in [1.82, 2.24) is 4.57 Å². The van der Waals surface area contributed by atoms with E-state index in [9.17, 15) is 9.59 Å². The van der Waals surface area contributed by atoms with Crippen molar-refractivity contribution in [3.05, 3.63) is 102 Å². The van der Waals surface area contributed by atoms with Crippen molar-refractivity contribution in [2.45, 2.75) is 26.5 Å². The smallest absolute Gasteiger partial charge is 0.344 e. The zero-order valence-electron chi connectivity index (χ0n) is 17.6. The normalized spacial score (nSPS) is 11.9. The zero-order valence-corrected chi connectivity index (χ0v) is 17.6.